The number of imidazole rings is 1. The second-order valence-electron chi connectivity index (χ2n) is 6.25. The van der Waals surface area contributed by atoms with E-state index in [1.165, 1.54) is 7.05 Å². The highest BCUT2D eigenvalue weighted by Crippen LogP contribution is 2.29. The molecule has 0 bridgehead atoms. The van der Waals surface area contributed by atoms with Crippen LogP contribution in [0.2, 0.25) is 0 Å². The number of ether oxygens (including phenoxy) is 1. The van der Waals surface area contributed by atoms with Crippen LogP contribution in [0.1, 0.15) is 19.2 Å². The Morgan fingerprint density at radius 2 is 2.00 bits per heavy atom. The first-order valence-electron chi connectivity index (χ1n) is 8.68. The van der Waals surface area contributed by atoms with Gasteiger partial charge in [-0.1, -0.05) is 18.2 Å². The maximum atomic E-state index is 11.4. The topological polar surface area (TPSA) is 129 Å². The molecule has 146 valence electrons. The van der Waals surface area contributed by atoms with Crippen LogP contribution in [0.5, 0.6) is 0 Å². The lowest BCUT2D eigenvalue weighted by molar-refractivity contribution is 0.126. The Morgan fingerprint density at radius 3 is 2.70 bits per heavy atom. The number of fused-ring (bicyclic) bond motifs is 3. The van der Waals surface area contributed by atoms with Gasteiger partial charge in [-0.05, 0) is 19.4 Å². The lowest BCUT2D eigenvalue weighted by atomic mass is 10.2. The van der Waals surface area contributed by atoms with Crippen molar-refractivity contribution in [2.24, 2.45) is 5.14 Å². The molecule has 0 atom stereocenters. The molecule has 0 aliphatic heterocycles. The first kappa shape index (κ1) is 19.5. The number of aryl methyl sites for hydroxylation is 1. The average molecular weight is 392 g/mol. The van der Waals surface area contributed by atoms with Gasteiger partial charge in [0.2, 0.25) is 0 Å². The molecule has 3 rings (SSSR count). The van der Waals surface area contributed by atoms with Crippen LogP contribution in [0.3, 0.4) is 0 Å². The van der Waals surface area contributed by atoms with E-state index in [1.807, 2.05) is 35.8 Å². The molecule has 0 spiro atoms. The molecule has 0 unspecified atom stereocenters. The van der Waals surface area contributed by atoms with Crippen molar-refractivity contribution in [2.45, 2.75) is 26.5 Å². The van der Waals surface area contributed by atoms with E-state index in [0.29, 0.717) is 44.1 Å². The van der Waals surface area contributed by atoms with Crippen molar-refractivity contribution in [3.05, 3.63) is 30.1 Å². The Kier molecular flexibility index (Phi) is 5.61. The fourth-order valence-electron chi connectivity index (χ4n) is 3.03. The lowest BCUT2D eigenvalue weighted by Gasteiger charge is -2.15. The van der Waals surface area contributed by atoms with E-state index in [4.69, 9.17) is 15.6 Å². The highest BCUT2D eigenvalue weighted by Gasteiger charge is 2.18. The molecule has 0 aliphatic rings. The first-order chi connectivity index (χ1) is 12.8. The van der Waals surface area contributed by atoms with Crippen molar-refractivity contribution in [3.63, 3.8) is 0 Å². The van der Waals surface area contributed by atoms with Gasteiger partial charge in [0.1, 0.15) is 17.9 Å². The quantitative estimate of drug-likeness (QED) is 0.593. The summed E-state index contributed by atoms with van der Waals surface area (Å²) in [5, 5.41) is 6.09. The van der Waals surface area contributed by atoms with Gasteiger partial charge in [0, 0.05) is 32.1 Å². The third-order valence-corrected chi connectivity index (χ3v) is 5.47. The number of benzene rings is 1. The molecule has 3 aromatic rings. The Hall–Kier alpha value is -2.27. The summed E-state index contributed by atoms with van der Waals surface area (Å²) in [6, 6.07) is 7.72. The van der Waals surface area contributed by atoms with Crippen molar-refractivity contribution in [1.82, 2.24) is 18.8 Å². The number of aromatic nitrogens is 3. The SMILES string of the molecule is CCOCc1nc2c(N)nc3ccccc3c2n1CCCN(C)S(N)(=O)=O. The monoisotopic (exact) mass is 392 g/mol. The summed E-state index contributed by atoms with van der Waals surface area (Å²) in [5.41, 5.74) is 8.43. The van der Waals surface area contributed by atoms with Crippen LogP contribution in [0, 0.1) is 0 Å². The normalized spacial score (nSPS) is 12.4. The summed E-state index contributed by atoms with van der Waals surface area (Å²) in [6.07, 6.45) is 0.564. The van der Waals surface area contributed by atoms with E-state index < -0.39 is 10.2 Å². The second-order valence-corrected chi connectivity index (χ2v) is 7.90. The summed E-state index contributed by atoms with van der Waals surface area (Å²) < 4.78 is 31.5. The highest BCUT2D eigenvalue weighted by atomic mass is 32.2. The van der Waals surface area contributed by atoms with Gasteiger partial charge in [-0.2, -0.15) is 12.7 Å². The number of para-hydroxylation sites is 1. The molecule has 4 N–H and O–H groups in total. The smallest absolute Gasteiger partial charge is 0.276 e. The third kappa shape index (κ3) is 4.03. The van der Waals surface area contributed by atoms with E-state index in [1.54, 1.807) is 0 Å². The maximum Gasteiger partial charge on any atom is 0.276 e. The summed E-state index contributed by atoms with van der Waals surface area (Å²) in [6.45, 7) is 3.66. The number of nitrogen functional groups attached to an aromatic ring is 1. The van der Waals surface area contributed by atoms with Crippen LogP contribution >= 0.6 is 0 Å². The van der Waals surface area contributed by atoms with Crippen LogP contribution in [-0.4, -0.2) is 47.5 Å². The van der Waals surface area contributed by atoms with Gasteiger partial charge in [0.25, 0.3) is 10.2 Å². The largest absolute Gasteiger partial charge is 0.382 e. The summed E-state index contributed by atoms with van der Waals surface area (Å²) in [4.78, 5) is 9.08. The fraction of sp³-hybridized carbons (Fsp3) is 0.412. The van der Waals surface area contributed by atoms with E-state index in [0.717, 1.165) is 26.5 Å². The number of nitrogens with zero attached hydrogens (tertiary/aromatic N) is 4. The third-order valence-electron chi connectivity index (χ3n) is 4.41. The number of nitrogens with two attached hydrogens (primary N) is 2. The van der Waals surface area contributed by atoms with E-state index in [-0.39, 0.29) is 0 Å². The van der Waals surface area contributed by atoms with Crippen molar-refractivity contribution < 1.29 is 13.2 Å². The van der Waals surface area contributed by atoms with Gasteiger partial charge in [-0.25, -0.2) is 15.1 Å². The van der Waals surface area contributed by atoms with Gasteiger partial charge in [-0.3, -0.25) is 0 Å². The molecule has 27 heavy (non-hydrogen) atoms. The molecule has 0 aliphatic carbocycles. The Bertz CT molecular complexity index is 1060. The summed E-state index contributed by atoms with van der Waals surface area (Å²) >= 11 is 0. The van der Waals surface area contributed by atoms with Gasteiger partial charge in [0.15, 0.2) is 5.82 Å². The Balaban J connectivity index is 2.04. The van der Waals surface area contributed by atoms with Gasteiger partial charge in [0.05, 0.1) is 11.0 Å². The van der Waals surface area contributed by atoms with Gasteiger partial charge in [-0.15, -0.1) is 0 Å². The van der Waals surface area contributed by atoms with Gasteiger partial charge < -0.3 is 15.0 Å². The minimum Gasteiger partial charge on any atom is -0.382 e. The molecule has 0 fully saturated rings. The van der Waals surface area contributed by atoms with Crippen LogP contribution < -0.4 is 10.9 Å². The molecular weight excluding hydrogens is 368 g/mol. The number of hydrogen-bond acceptors (Lipinski definition) is 6. The fourth-order valence-corrected chi connectivity index (χ4v) is 3.41. The number of hydrogen-bond donors (Lipinski definition) is 2. The molecule has 0 saturated heterocycles. The van der Waals surface area contributed by atoms with Gasteiger partial charge >= 0.3 is 0 Å². The minimum absolute atomic E-state index is 0.297. The first-order valence-corrected chi connectivity index (χ1v) is 10.2. The Labute approximate surface area is 158 Å². The van der Waals surface area contributed by atoms with E-state index in [9.17, 15) is 8.42 Å². The second kappa shape index (κ2) is 7.77. The predicted molar refractivity (Wildman–Crippen MR) is 105 cm³/mol. The molecule has 9 nitrogen and oxygen atoms in total. The highest BCUT2D eigenvalue weighted by molar-refractivity contribution is 7.86. The number of anilines is 1. The molecule has 10 heteroatoms. The zero-order chi connectivity index (χ0) is 19.6. The van der Waals surface area contributed by atoms with Crippen molar-refractivity contribution in [3.8, 4) is 0 Å². The van der Waals surface area contributed by atoms with Crippen LogP contribution in [0.15, 0.2) is 24.3 Å². The summed E-state index contributed by atoms with van der Waals surface area (Å²) in [5.74, 6) is 1.09. The number of rotatable bonds is 8. The zero-order valence-electron chi connectivity index (χ0n) is 15.4. The number of pyridine rings is 1. The molecule has 2 aromatic heterocycles. The predicted octanol–water partition coefficient (Wildman–Crippen LogP) is 1.23. The molecule has 0 radical (unpaired) electrons. The van der Waals surface area contributed by atoms with E-state index in [2.05, 4.69) is 9.97 Å². The van der Waals surface area contributed by atoms with E-state index >= 15 is 0 Å². The molecule has 1 aromatic carbocycles. The molecule has 0 saturated carbocycles. The standard InChI is InChI=1S/C17H24N6O3S/c1-3-26-11-14-21-15-16(12-7-4-5-8-13(12)20-17(15)18)23(14)10-6-9-22(2)27(19,24)25/h4-5,7-8H,3,6,9-11H2,1-2H3,(H2,18,20)(H2,19,24,25). The molecular formula is C17H24N6O3S. The van der Waals surface area contributed by atoms with Crippen molar-refractivity contribution in [2.75, 3.05) is 25.9 Å². The van der Waals surface area contributed by atoms with Crippen LogP contribution in [-0.2, 0) is 28.1 Å². The van der Waals surface area contributed by atoms with Crippen LogP contribution in [0.25, 0.3) is 21.9 Å². The molecule has 0 amide bonds. The zero-order valence-corrected chi connectivity index (χ0v) is 16.2. The molecule has 2 heterocycles. The lowest BCUT2D eigenvalue weighted by Crippen LogP contribution is -2.34. The average Bonchev–Trinajstić information content (AvgIpc) is 2.98. The van der Waals surface area contributed by atoms with Crippen LogP contribution in [0.4, 0.5) is 5.82 Å². The summed E-state index contributed by atoms with van der Waals surface area (Å²) in [7, 11) is -2.24. The Morgan fingerprint density at radius 1 is 1.26 bits per heavy atom. The van der Waals surface area contributed by atoms with Crippen molar-refractivity contribution >= 4 is 38.0 Å². The minimum atomic E-state index is -3.70. The maximum absolute atomic E-state index is 11.4. The van der Waals surface area contributed by atoms with Crippen molar-refractivity contribution in [1.29, 1.82) is 0 Å².